The van der Waals surface area contributed by atoms with Crippen molar-refractivity contribution in [3.05, 3.63) is 59.7 Å². The van der Waals surface area contributed by atoms with Crippen molar-refractivity contribution in [3.8, 4) is 0 Å². The molecule has 5 rings (SSSR count). The number of carbonyl (C=O) groups is 1. The van der Waals surface area contributed by atoms with E-state index in [0.717, 1.165) is 69.9 Å². The molecule has 1 aromatic carbocycles. The first-order valence-corrected chi connectivity index (χ1v) is 13.2. The fourth-order valence-electron chi connectivity index (χ4n) is 6.01. The highest BCUT2D eigenvalue weighted by Gasteiger charge is 2.41. The molecule has 2 saturated carbocycles. The quantitative estimate of drug-likeness (QED) is 0.470. The van der Waals surface area contributed by atoms with Crippen molar-refractivity contribution in [2.24, 2.45) is 5.92 Å². The molecule has 2 heterocycles. The summed E-state index contributed by atoms with van der Waals surface area (Å²) in [6, 6.07) is 6.72. The van der Waals surface area contributed by atoms with Gasteiger partial charge in [-0.2, -0.15) is 0 Å². The average molecular weight is 497 g/mol. The molecular formula is C28H34F2N4O2. The number of benzene rings is 1. The maximum atomic E-state index is 14.5. The predicted octanol–water partition coefficient (Wildman–Crippen LogP) is 5.54. The lowest BCUT2D eigenvalue weighted by Gasteiger charge is -2.35. The summed E-state index contributed by atoms with van der Waals surface area (Å²) in [6.45, 7) is 1.57. The van der Waals surface area contributed by atoms with E-state index in [1.54, 1.807) is 35.9 Å². The summed E-state index contributed by atoms with van der Waals surface area (Å²) in [6.07, 6.45) is 11.6. The van der Waals surface area contributed by atoms with Crippen molar-refractivity contribution in [2.45, 2.75) is 88.8 Å². The Hall–Kier alpha value is -2.87. The van der Waals surface area contributed by atoms with Crippen molar-refractivity contribution >= 4 is 16.9 Å². The summed E-state index contributed by atoms with van der Waals surface area (Å²) < 4.78 is 30.5. The summed E-state index contributed by atoms with van der Waals surface area (Å²) in [5.41, 5.74) is -0.843. The molecular weight excluding hydrogens is 462 g/mol. The number of rotatable bonds is 6. The number of aromatic nitrogens is 3. The van der Waals surface area contributed by atoms with Crippen molar-refractivity contribution in [1.82, 2.24) is 19.9 Å². The van der Waals surface area contributed by atoms with Gasteiger partial charge in [-0.25, -0.2) is 13.8 Å². The SMILES string of the molecule is CC(O)(c1ccccn1)c1nc2cc(F)c(F)cc2n1C(C(=O)NC1CCCCC1)C1CCCCC1. The van der Waals surface area contributed by atoms with Crippen molar-refractivity contribution < 1.29 is 18.7 Å². The molecule has 36 heavy (non-hydrogen) atoms. The van der Waals surface area contributed by atoms with Gasteiger partial charge in [0.15, 0.2) is 17.2 Å². The summed E-state index contributed by atoms with van der Waals surface area (Å²) in [7, 11) is 0. The third-order valence-corrected chi connectivity index (χ3v) is 7.93. The Balaban J connectivity index is 1.68. The second kappa shape index (κ2) is 10.2. The van der Waals surface area contributed by atoms with E-state index in [2.05, 4.69) is 15.3 Å². The van der Waals surface area contributed by atoms with Crippen LogP contribution in [0.3, 0.4) is 0 Å². The third kappa shape index (κ3) is 4.75. The number of imidazole rings is 1. The molecule has 2 unspecified atom stereocenters. The second-order valence-corrected chi connectivity index (χ2v) is 10.5. The molecule has 0 saturated heterocycles. The van der Waals surface area contributed by atoms with Gasteiger partial charge in [0.2, 0.25) is 5.91 Å². The number of pyridine rings is 1. The molecule has 2 N–H and O–H groups in total. The Bertz CT molecular complexity index is 1220. The number of halogens is 2. The molecule has 192 valence electrons. The first-order chi connectivity index (χ1) is 17.4. The monoisotopic (exact) mass is 496 g/mol. The number of hydrogen-bond acceptors (Lipinski definition) is 4. The van der Waals surface area contributed by atoms with Gasteiger partial charge in [0, 0.05) is 24.4 Å². The topological polar surface area (TPSA) is 80.0 Å². The first-order valence-electron chi connectivity index (χ1n) is 13.2. The maximum absolute atomic E-state index is 14.5. The second-order valence-electron chi connectivity index (χ2n) is 10.5. The summed E-state index contributed by atoms with van der Waals surface area (Å²) in [5, 5.41) is 15.0. The minimum absolute atomic E-state index is 0.00821. The molecule has 6 nitrogen and oxygen atoms in total. The zero-order valence-electron chi connectivity index (χ0n) is 20.7. The van der Waals surface area contributed by atoms with E-state index in [1.807, 2.05) is 0 Å². The third-order valence-electron chi connectivity index (χ3n) is 7.93. The van der Waals surface area contributed by atoms with Gasteiger partial charge in [0.25, 0.3) is 0 Å². The lowest BCUT2D eigenvalue weighted by molar-refractivity contribution is -0.127. The highest BCUT2D eigenvalue weighted by atomic mass is 19.2. The van der Waals surface area contributed by atoms with Crippen LogP contribution >= 0.6 is 0 Å². The molecule has 2 aliphatic rings. The van der Waals surface area contributed by atoms with E-state index in [4.69, 9.17) is 0 Å². The van der Waals surface area contributed by atoms with Crippen LogP contribution in [0.15, 0.2) is 36.5 Å². The van der Waals surface area contributed by atoms with Crippen molar-refractivity contribution in [2.75, 3.05) is 0 Å². The molecule has 2 atom stereocenters. The van der Waals surface area contributed by atoms with Crippen LogP contribution in [0.2, 0.25) is 0 Å². The van der Waals surface area contributed by atoms with Crippen molar-refractivity contribution in [3.63, 3.8) is 0 Å². The zero-order valence-corrected chi connectivity index (χ0v) is 20.7. The molecule has 0 radical (unpaired) electrons. The van der Waals surface area contributed by atoms with E-state index < -0.39 is 23.3 Å². The average Bonchev–Trinajstić information content (AvgIpc) is 3.25. The molecule has 0 aliphatic heterocycles. The van der Waals surface area contributed by atoms with Crippen LogP contribution in [-0.2, 0) is 10.4 Å². The fourth-order valence-corrected chi connectivity index (χ4v) is 6.01. The van der Waals surface area contributed by atoms with Gasteiger partial charge < -0.3 is 15.0 Å². The van der Waals surface area contributed by atoms with E-state index in [1.165, 1.54) is 6.42 Å². The van der Waals surface area contributed by atoms with E-state index >= 15 is 0 Å². The Kier molecular flexibility index (Phi) is 7.06. The minimum Gasteiger partial charge on any atom is -0.376 e. The lowest BCUT2D eigenvalue weighted by atomic mass is 9.82. The van der Waals surface area contributed by atoms with Gasteiger partial charge in [-0.1, -0.05) is 44.6 Å². The highest BCUT2D eigenvalue weighted by molar-refractivity contribution is 5.85. The van der Waals surface area contributed by atoms with Gasteiger partial charge in [-0.05, 0) is 50.7 Å². The molecule has 1 amide bonds. The zero-order chi connectivity index (χ0) is 25.3. The predicted molar refractivity (Wildman–Crippen MR) is 133 cm³/mol. The first kappa shape index (κ1) is 24.8. The van der Waals surface area contributed by atoms with Gasteiger partial charge in [-0.15, -0.1) is 0 Å². The van der Waals surface area contributed by atoms with Gasteiger partial charge in [0.1, 0.15) is 11.9 Å². The van der Waals surface area contributed by atoms with Crippen LogP contribution < -0.4 is 5.32 Å². The fraction of sp³-hybridized carbons (Fsp3) is 0.536. The molecule has 0 spiro atoms. The molecule has 0 bridgehead atoms. The number of nitrogens with zero attached hydrogens (tertiary/aromatic N) is 3. The molecule has 3 aromatic rings. The molecule has 2 aliphatic carbocycles. The molecule has 2 fully saturated rings. The Labute approximate surface area is 210 Å². The molecule has 8 heteroatoms. The van der Waals surface area contributed by atoms with Crippen LogP contribution in [0.25, 0.3) is 11.0 Å². The lowest BCUT2D eigenvalue weighted by Crippen LogP contribution is -2.45. The smallest absolute Gasteiger partial charge is 0.243 e. The van der Waals surface area contributed by atoms with Gasteiger partial charge in [-0.3, -0.25) is 9.78 Å². The van der Waals surface area contributed by atoms with E-state index in [9.17, 15) is 18.7 Å². The summed E-state index contributed by atoms with van der Waals surface area (Å²) in [4.78, 5) is 22.9. The van der Waals surface area contributed by atoms with Crippen LogP contribution in [0.1, 0.15) is 88.7 Å². The maximum Gasteiger partial charge on any atom is 0.243 e. The van der Waals surface area contributed by atoms with Crippen LogP contribution in [0, 0.1) is 17.6 Å². The number of aliphatic hydroxyl groups is 1. The van der Waals surface area contributed by atoms with Crippen LogP contribution in [-0.4, -0.2) is 31.6 Å². The Morgan fingerprint density at radius 1 is 1.06 bits per heavy atom. The Morgan fingerprint density at radius 3 is 2.39 bits per heavy atom. The number of carbonyl (C=O) groups excluding carboxylic acids is 1. The number of nitrogens with one attached hydrogen (secondary N) is 1. The summed E-state index contributed by atoms with van der Waals surface area (Å²) >= 11 is 0. The normalized spacial score (nSPS) is 20.2. The highest BCUT2D eigenvalue weighted by Crippen LogP contribution is 2.40. The number of amides is 1. The number of fused-ring (bicyclic) bond motifs is 1. The standard InChI is InChI=1S/C28H34F2N4O2/c1-28(36,24-14-8-9-15-31-24)27-33-22-16-20(29)21(30)17-23(22)34(27)25(18-10-4-2-5-11-18)26(35)32-19-12-6-3-7-13-19/h8-9,14-19,25,36H,2-7,10-13H2,1H3,(H,32,35). The van der Waals surface area contributed by atoms with Crippen LogP contribution in [0.5, 0.6) is 0 Å². The Morgan fingerprint density at radius 2 is 1.72 bits per heavy atom. The summed E-state index contributed by atoms with van der Waals surface area (Å²) in [5.74, 6) is -2.02. The minimum atomic E-state index is -1.69. The van der Waals surface area contributed by atoms with Gasteiger partial charge in [0.05, 0.1) is 16.7 Å². The van der Waals surface area contributed by atoms with Crippen LogP contribution in [0.4, 0.5) is 8.78 Å². The van der Waals surface area contributed by atoms with E-state index in [0.29, 0.717) is 11.2 Å². The van der Waals surface area contributed by atoms with Crippen molar-refractivity contribution in [1.29, 1.82) is 0 Å². The van der Waals surface area contributed by atoms with E-state index in [-0.39, 0.29) is 29.2 Å². The van der Waals surface area contributed by atoms with Gasteiger partial charge >= 0.3 is 0 Å². The largest absolute Gasteiger partial charge is 0.376 e. The number of hydrogen-bond donors (Lipinski definition) is 2. The molecule has 2 aromatic heterocycles.